The van der Waals surface area contributed by atoms with Crippen molar-refractivity contribution >= 4 is 38.6 Å². The molecule has 0 bridgehead atoms. The number of carbonyl (C=O) groups is 1. The standard InChI is InChI=1S/C22H23N3O3S2/c26-22(16-29-21-11-10-19-8-4-5-9-20(19)23-21)24-12-14-25(15-13-24)30(27,28)17-18-6-2-1-3-7-18/h1-11H,12-17H2. The predicted octanol–water partition coefficient (Wildman–Crippen LogP) is 3.00. The zero-order chi connectivity index (χ0) is 21.0. The zero-order valence-electron chi connectivity index (χ0n) is 16.5. The summed E-state index contributed by atoms with van der Waals surface area (Å²) in [6, 6.07) is 21.0. The molecule has 1 aromatic heterocycles. The first-order valence-electron chi connectivity index (χ1n) is 9.79. The molecule has 3 aromatic rings. The summed E-state index contributed by atoms with van der Waals surface area (Å²) in [5.74, 6) is 0.294. The fraction of sp³-hybridized carbons (Fsp3) is 0.273. The highest BCUT2D eigenvalue weighted by molar-refractivity contribution is 7.99. The lowest BCUT2D eigenvalue weighted by Gasteiger charge is -2.34. The SMILES string of the molecule is O=C(CSc1ccc2ccccc2n1)N1CCN(S(=O)(=O)Cc2ccccc2)CC1. The van der Waals surface area contributed by atoms with E-state index in [1.807, 2.05) is 66.7 Å². The van der Waals surface area contributed by atoms with E-state index in [4.69, 9.17) is 0 Å². The number of amides is 1. The summed E-state index contributed by atoms with van der Waals surface area (Å²) >= 11 is 1.41. The molecule has 0 N–H and O–H groups in total. The van der Waals surface area contributed by atoms with Crippen LogP contribution in [0.4, 0.5) is 0 Å². The Morgan fingerprint density at radius 2 is 1.60 bits per heavy atom. The zero-order valence-corrected chi connectivity index (χ0v) is 18.1. The van der Waals surface area contributed by atoms with E-state index in [-0.39, 0.29) is 11.7 Å². The highest BCUT2D eigenvalue weighted by Crippen LogP contribution is 2.21. The van der Waals surface area contributed by atoms with Gasteiger partial charge in [-0.3, -0.25) is 4.79 Å². The van der Waals surface area contributed by atoms with Gasteiger partial charge in [0.05, 0.1) is 22.0 Å². The van der Waals surface area contributed by atoms with E-state index in [9.17, 15) is 13.2 Å². The van der Waals surface area contributed by atoms with Gasteiger partial charge >= 0.3 is 0 Å². The largest absolute Gasteiger partial charge is 0.339 e. The number of benzene rings is 2. The van der Waals surface area contributed by atoms with Crippen molar-refractivity contribution in [3.05, 3.63) is 72.3 Å². The van der Waals surface area contributed by atoms with Crippen molar-refractivity contribution < 1.29 is 13.2 Å². The van der Waals surface area contributed by atoms with Crippen molar-refractivity contribution in [3.8, 4) is 0 Å². The first kappa shape index (κ1) is 20.8. The van der Waals surface area contributed by atoms with Gasteiger partial charge in [-0.25, -0.2) is 13.4 Å². The molecule has 2 heterocycles. The van der Waals surface area contributed by atoms with E-state index < -0.39 is 10.0 Å². The van der Waals surface area contributed by atoms with Crippen LogP contribution in [0.25, 0.3) is 10.9 Å². The van der Waals surface area contributed by atoms with Crippen molar-refractivity contribution in [2.45, 2.75) is 10.8 Å². The minimum atomic E-state index is -3.38. The molecule has 1 aliphatic heterocycles. The topological polar surface area (TPSA) is 70.6 Å². The normalized spacial score (nSPS) is 15.4. The van der Waals surface area contributed by atoms with Gasteiger partial charge in [0, 0.05) is 31.6 Å². The van der Waals surface area contributed by atoms with Crippen molar-refractivity contribution in [2.24, 2.45) is 0 Å². The van der Waals surface area contributed by atoms with E-state index in [1.54, 1.807) is 4.90 Å². The Morgan fingerprint density at radius 1 is 0.900 bits per heavy atom. The van der Waals surface area contributed by atoms with Gasteiger partial charge in [0.1, 0.15) is 0 Å². The Kier molecular flexibility index (Phi) is 6.36. The van der Waals surface area contributed by atoms with Crippen LogP contribution in [0, 0.1) is 0 Å². The highest BCUT2D eigenvalue weighted by atomic mass is 32.2. The smallest absolute Gasteiger partial charge is 0.233 e. The maximum atomic E-state index is 12.7. The molecule has 2 aromatic carbocycles. The molecule has 0 unspecified atom stereocenters. The van der Waals surface area contributed by atoms with Crippen LogP contribution < -0.4 is 0 Å². The number of aromatic nitrogens is 1. The van der Waals surface area contributed by atoms with Crippen molar-refractivity contribution in [1.82, 2.24) is 14.2 Å². The van der Waals surface area contributed by atoms with E-state index in [0.29, 0.717) is 31.9 Å². The Bertz CT molecular complexity index is 1130. The van der Waals surface area contributed by atoms with Crippen LogP contribution >= 0.6 is 11.8 Å². The number of carbonyl (C=O) groups excluding carboxylic acids is 1. The molecule has 1 amide bonds. The van der Waals surface area contributed by atoms with Crippen LogP contribution in [0.15, 0.2) is 71.8 Å². The first-order valence-corrected chi connectivity index (χ1v) is 12.4. The lowest BCUT2D eigenvalue weighted by molar-refractivity contribution is -0.129. The van der Waals surface area contributed by atoms with Gasteiger partial charge in [0.2, 0.25) is 15.9 Å². The van der Waals surface area contributed by atoms with Crippen LogP contribution in [0.1, 0.15) is 5.56 Å². The maximum Gasteiger partial charge on any atom is 0.233 e. The number of sulfonamides is 1. The molecule has 0 aliphatic carbocycles. The molecule has 30 heavy (non-hydrogen) atoms. The van der Waals surface area contributed by atoms with Crippen LogP contribution in [-0.4, -0.2) is 60.4 Å². The average molecular weight is 442 g/mol. The number of para-hydroxylation sites is 1. The monoisotopic (exact) mass is 441 g/mol. The van der Waals surface area contributed by atoms with Crippen molar-refractivity contribution in [3.63, 3.8) is 0 Å². The summed E-state index contributed by atoms with van der Waals surface area (Å²) in [6.07, 6.45) is 0. The molecular weight excluding hydrogens is 418 g/mol. The Hall–Kier alpha value is -2.42. The summed E-state index contributed by atoms with van der Waals surface area (Å²) < 4.78 is 26.8. The Labute approximate surface area is 181 Å². The molecule has 0 radical (unpaired) electrons. The quantitative estimate of drug-likeness (QED) is 0.550. The minimum Gasteiger partial charge on any atom is -0.339 e. The average Bonchev–Trinajstić information content (AvgIpc) is 2.78. The molecule has 1 fully saturated rings. The number of hydrogen-bond acceptors (Lipinski definition) is 5. The number of fused-ring (bicyclic) bond motifs is 1. The third-order valence-corrected chi connectivity index (χ3v) is 7.86. The summed E-state index contributed by atoms with van der Waals surface area (Å²) in [7, 11) is -3.38. The van der Waals surface area contributed by atoms with Crippen molar-refractivity contribution in [1.29, 1.82) is 0 Å². The van der Waals surface area contributed by atoms with Crippen LogP contribution in [0.5, 0.6) is 0 Å². The highest BCUT2D eigenvalue weighted by Gasteiger charge is 2.28. The molecule has 156 valence electrons. The van der Waals surface area contributed by atoms with E-state index >= 15 is 0 Å². The van der Waals surface area contributed by atoms with E-state index in [0.717, 1.165) is 21.5 Å². The molecule has 0 spiro atoms. The maximum absolute atomic E-state index is 12.7. The lowest BCUT2D eigenvalue weighted by Crippen LogP contribution is -2.51. The predicted molar refractivity (Wildman–Crippen MR) is 120 cm³/mol. The third kappa shape index (κ3) is 5.00. The molecule has 1 aliphatic rings. The van der Waals surface area contributed by atoms with Crippen LogP contribution in [0.3, 0.4) is 0 Å². The molecular formula is C22H23N3O3S2. The van der Waals surface area contributed by atoms with Crippen LogP contribution in [0.2, 0.25) is 0 Å². The molecule has 6 nitrogen and oxygen atoms in total. The number of piperazine rings is 1. The van der Waals surface area contributed by atoms with Gasteiger partial charge in [-0.1, -0.05) is 66.4 Å². The molecule has 4 rings (SSSR count). The van der Waals surface area contributed by atoms with Gasteiger partial charge in [0.15, 0.2) is 0 Å². The molecule has 8 heteroatoms. The molecule has 0 saturated carbocycles. The van der Waals surface area contributed by atoms with Crippen molar-refractivity contribution in [2.75, 3.05) is 31.9 Å². The first-order chi connectivity index (χ1) is 14.5. The van der Waals surface area contributed by atoms with Crippen LogP contribution in [-0.2, 0) is 20.6 Å². The minimum absolute atomic E-state index is 0.00866. The van der Waals surface area contributed by atoms with E-state index in [1.165, 1.54) is 16.1 Å². The van der Waals surface area contributed by atoms with Gasteiger partial charge in [0.25, 0.3) is 0 Å². The Balaban J connectivity index is 1.29. The molecule has 1 saturated heterocycles. The fourth-order valence-corrected chi connectivity index (χ4v) is 5.74. The van der Waals surface area contributed by atoms with Gasteiger partial charge in [-0.05, 0) is 17.7 Å². The Morgan fingerprint density at radius 3 is 2.37 bits per heavy atom. The second-order valence-electron chi connectivity index (χ2n) is 7.15. The van der Waals surface area contributed by atoms with Gasteiger partial charge < -0.3 is 4.90 Å². The summed E-state index contributed by atoms with van der Waals surface area (Å²) in [4.78, 5) is 18.9. The number of pyridine rings is 1. The summed E-state index contributed by atoms with van der Waals surface area (Å²) in [5.41, 5.74) is 1.68. The number of rotatable bonds is 6. The lowest BCUT2D eigenvalue weighted by atomic mass is 10.2. The summed E-state index contributed by atoms with van der Waals surface area (Å²) in [6.45, 7) is 1.50. The second-order valence-corrected chi connectivity index (χ2v) is 10.1. The second kappa shape index (κ2) is 9.16. The molecule has 0 atom stereocenters. The third-order valence-electron chi connectivity index (χ3n) is 5.09. The number of nitrogens with zero attached hydrogens (tertiary/aromatic N) is 3. The fourth-order valence-electron chi connectivity index (χ4n) is 3.45. The van der Waals surface area contributed by atoms with Gasteiger partial charge in [-0.15, -0.1) is 0 Å². The number of thioether (sulfide) groups is 1. The van der Waals surface area contributed by atoms with E-state index in [2.05, 4.69) is 4.98 Å². The number of hydrogen-bond donors (Lipinski definition) is 0. The summed E-state index contributed by atoms with van der Waals surface area (Å²) in [5, 5.41) is 1.88. The van der Waals surface area contributed by atoms with Gasteiger partial charge in [-0.2, -0.15) is 4.31 Å².